The molecule has 0 radical (unpaired) electrons. The molecule has 3 N–H and O–H groups in total. The molecule has 2 aliphatic rings. The number of benzene rings is 1. The van der Waals surface area contributed by atoms with Crippen molar-refractivity contribution in [3.63, 3.8) is 0 Å². The Labute approximate surface area is 160 Å². The molecule has 0 bridgehead atoms. The Kier molecular flexibility index (Phi) is 6.85. The van der Waals surface area contributed by atoms with Crippen LogP contribution >= 0.6 is 24.0 Å². The summed E-state index contributed by atoms with van der Waals surface area (Å²) in [5, 5.41) is 3.12. The molecule has 1 aromatic carbocycles. The maximum Gasteiger partial charge on any atom is 0.193 e. The van der Waals surface area contributed by atoms with Gasteiger partial charge >= 0.3 is 0 Å². The van der Waals surface area contributed by atoms with E-state index in [-0.39, 0.29) is 30.1 Å². The third-order valence-electron chi connectivity index (χ3n) is 4.41. The first-order valence-corrected chi connectivity index (χ1v) is 8.10. The van der Waals surface area contributed by atoms with Crippen molar-refractivity contribution in [1.82, 2.24) is 0 Å². The Morgan fingerprint density at radius 2 is 2.04 bits per heavy atom. The molecule has 0 amide bonds. The van der Waals surface area contributed by atoms with Crippen LogP contribution in [0.3, 0.4) is 0 Å². The Hall–Kier alpha value is -0.900. The zero-order valence-corrected chi connectivity index (χ0v) is 16.5. The van der Waals surface area contributed by atoms with E-state index in [0.717, 1.165) is 18.5 Å². The lowest BCUT2D eigenvalue weighted by molar-refractivity contribution is -0.210. The van der Waals surface area contributed by atoms with Gasteiger partial charge in [-0.1, -0.05) is 6.07 Å². The van der Waals surface area contributed by atoms with E-state index in [0.29, 0.717) is 32.3 Å². The standard InChI is InChI=1S/C17H25N3O3.HI/c1-12-3-4-14(9-13(12)2)20-16(18)19-10-15-11-22-17(23-15)5-7-21-8-6-17;/h3-4,9,15H,5-8,10-11H2,1-2H3,(H3,18,19,20);1H. The zero-order valence-electron chi connectivity index (χ0n) is 14.2. The quantitative estimate of drug-likeness (QED) is 0.423. The van der Waals surface area contributed by atoms with Gasteiger partial charge in [0.05, 0.1) is 26.4 Å². The Morgan fingerprint density at radius 1 is 1.29 bits per heavy atom. The number of aryl methyl sites for hydroxylation is 2. The molecular weight excluding hydrogens is 421 g/mol. The lowest BCUT2D eigenvalue weighted by Gasteiger charge is -2.31. The van der Waals surface area contributed by atoms with Crippen LogP contribution in [0.5, 0.6) is 0 Å². The third-order valence-corrected chi connectivity index (χ3v) is 4.41. The fourth-order valence-electron chi connectivity index (χ4n) is 2.86. The molecule has 0 aromatic heterocycles. The molecule has 2 heterocycles. The number of anilines is 1. The first kappa shape index (κ1) is 19.4. The number of nitrogens with two attached hydrogens (primary N) is 1. The van der Waals surface area contributed by atoms with Gasteiger partial charge in [0.2, 0.25) is 0 Å². The lowest BCUT2D eigenvalue weighted by Crippen LogP contribution is -2.38. The summed E-state index contributed by atoms with van der Waals surface area (Å²) in [4.78, 5) is 4.38. The minimum atomic E-state index is -0.464. The van der Waals surface area contributed by atoms with E-state index in [9.17, 15) is 0 Å². The van der Waals surface area contributed by atoms with Crippen LogP contribution < -0.4 is 11.1 Å². The van der Waals surface area contributed by atoms with Gasteiger partial charge in [-0.25, -0.2) is 0 Å². The molecule has 0 saturated carbocycles. The summed E-state index contributed by atoms with van der Waals surface area (Å²) in [5.74, 6) is -0.0703. The van der Waals surface area contributed by atoms with Gasteiger partial charge in [-0.2, -0.15) is 0 Å². The summed E-state index contributed by atoms with van der Waals surface area (Å²) in [7, 11) is 0. The number of hydrogen-bond acceptors (Lipinski definition) is 4. The molecule has 1 unspecified atom stereocenters. The minimum absolute atomic E-state index is 0. The van der Waals surface area contributed by atoms with E-state index in [1.54, 1.807) is 0 Å². The number of ether oxygens (including phenoxy) is 3. The highest BCUT2D eigenvalue weighted by atomic mass is 127. The predicted octanol–water partition coefficient (Wildman–Crippen LogP) is 2.57. The summed E-state index contributed by atoms with van der Waals surface area (Å²) in [6.07, 6.45) is 1.51. The van der Waals surface area contributed by atoms with E-state index in [1.165, 1.54) is 11.1 Å². The van der Waals surface area contributed by atoms with Crippen molar-refractivity contribution in [1.29, 1.82) is 0 Å². The van der Waals surface area contributed by atoms with Crippen molar-refractivity contribution in [2.45, 2.75) is 38.6 Å². The summed E-state index contributed by atoms with van der Waals surface area (Å²) in [6.45, 7) is 6.58. The maximum absolute atomic E-state index is 6.03. The molecule has 24 heavy (non-hydrogen) atoms. The van der Waals surface area contributed by atoms with Gasteiger partial charge in [0.15, 0.2) is 11.7 Å². The summed E-state index contributed by atoms with van der Waals surface area (Å²) in [5.41, 5.74) is 9.38. The van der Waals surface area contributed by atoms with Crippen molar-refractivity contribution >= 4 is 35.6 Å². The second-order valence-corrected chi connectivity index (χ2v) is 6.22. The number of nitrogens with one attached hydrogen (secondary N) is 1. The van der Waals surface area contributed by atoms with E-state index in [4.69, 9.17) is 19.9 Å². The van der Waals surface area contributed by atoms with Crippen LogP contribution in [0.15, 0.2) is 23.2 Å². The first-order chi connectivity index (χ1) is 11.1. The van der Waals surface area contributed by atoms with Gasteiger partial charge in [0, 0.05) is 18.5 Å². The third kappa shape index (κ3) is 4.81. The van der Waals surface area contributed by atoms with Crippen LogP contribution in [0.25, 0.3) is 0 Å². The van der Waals surface area contributed by atoms with E-state index >= 15 is 0 Å². The molecule has 6 nitrogen and oxygen atoms in total. The maximum atomic E-state index is 6.03. The van der Waals surface area contributed by atoms with Gasteiger partial charge in [0.25, 0.3) is 0 Å². The topological polar surface area (TPSA) is 78.1 Å². The van der Waals surface area contributed by atoms with E-state index < -0.39 is 5.79 Å². The fraction of sp³-hybridized carbons (Fsp3) is 0.588. The molecule has 7 heteroatoms. The van der Waals surface area contributed by atoms with Crippen LogP contribution in [0.2, 0.25) is 0 Å². The van der Waals surface area contributed by atoms with Crippen molar-refractivity contribution in [3.8, 4) is 0 Å². The molecule has 1 spiro atoms. The monoisotopic (exact) mass is 447 g/mol. The van der Waals surface area contributed by atoms with Gasteiger partial charge in [-0.3, -0.25) is 4.99 Å². The average Bonchev–Trinajstić information content (AvgIpc) is 2.92. The Morgan fingerprint density at radius 3 is 2.75 bits per heavy atom. The second kappa shape index (κ2) is 8.46. The van der Waals surface area contributed by atoms with Crippen LogP contribution in [0.4, 0.5) is 5.69 Å². The number of guanidine groups is 1. The number of aliphatic imine (C=N–C) groups is 1. The molecule has 1 aromatic rings. The van der Waals surface area contributed by atoms with Gasteiger partial charge < -0.3 is 25.3 Å². The largest absolute Gasteiger partial charge is 0.381 e. The SMILES string of the molecule is Cc1ccc(NC(N)=NCC2COC3(CCOCC3)O2)cc1C.I. The van der Waals surface area contributed by atoms with Gasteiger partial charge in [0.1, 0.15) is 6.10 Å². The number of hydrogen-bond donors (Lipinski definition) is 2. The minimum Gasteiger partial charge on any atom is -0.381 e. The van der Waals surface area contributed by atoms with Crippen molar-refractivity contribution < 1.29 is 14.2 Å². The second-order valence-electron chi connectivity index (χ2n) is 6.22. The van der Waals surface area contributed by atoms with Crippen LogP contribution in [-0.4, -0.2) is 44.2 Å². The average molecular weight is 447 g/mol. The fourth-order valence-corrected chi connectivity index (χ4v) is 2.86. The summed E-state index contributed by atoms with van der Waals surface area (Å²) in [6, 6.07) is 6.12. The number of halogens is 1. The molecule has 2 aliphatic heterocycles. The molecule has 1 atom stereocenters. The summed E-state index contributed by atoms with van der Waals surface area (Å²) >= 11 is 0. The van der Waals surface area contributed by atoms with Crippen LogP contribution in [0.1, 0.15) is 24.0 Å². The molecule has 3 rings (SSSR count). The number of rotatable bonds is 3. The van der Waals surface area contributed by atoms with Gasteiger partial charge in [-0.15, -0.1) is 24.0 Å². The molecule has 2 saturated heterocycles. The van der Waals surface area contributed by atoms with E-state index in [1.807, 2.05) is 6.07 Å². The lowest BCUT2D eigenvalue weighted by atomic mass is 10.1. The smallest absolute Gasteiger partial charge is 0.193 e. The van der Waals surface area contributed by atoms with Crippen molar-refractivity contribution in [2.75, 3.05) is 31.7 Å². The molecular formula is C17H26IN3O3. The Bertz CT molecular complexity index is 588. The predicted molar refractivity (Wildman–Crippen MR) is 105 cm³/mol. The van der Waals surface area contributed by atoms with Crippen LogP contribution in [-0.2, 0) is 14.2 Å². The first-order valence-electron chi connectivity index (χ1n) is 8.10. The highest BCUT2D eigenvalue weighted by Crippen LogP contribution is 2.33. The normalized spacial score (nSPS) is 23.1. The molecule has 2 fully saturated rings. The van der Waals surface area contributed by atoms with Gasteiger partial charge in [-0.05, 0) is 37.1 Å². The van der Waals surface area contributed by atoms with Crippen LogP contribution in [0, 0.1) is 13.8 Å². The zero-order chi connectivity index (χ0) is 16.3. The molecule has 0 aliphatic carbocycles. The van der Waals surface area contributed by atoms with E-state index in [2.05, 4.69) is 36.3 Å². The molecule has 134 valence electrons. The Balaban J connectivity index is 0.00000208. The summed E-state index contributed by atoms with van der Waals surface area (Å²) < 4.78 is 17.2. The van der Waals surface area contributed by atoms with Crippen molar-refractivity contribution in [3.05, 3.63) is 29.3 Å². The highest BCUT2D eigenvalue weighted by molar-refractivity contribution is 14.0. The van der Waals surface area contributed by atoms with Crippen molar-refractivity contribution in [2.24, 2.45) is 10.7 Å². The number of nitrogens with zero attached hydrogens (tertiary/aromatic N) is 1. The highest BCUT2D eigenvalue weighted by Gasteiger charge is 2.42.